The first-order valence-electron chi connectivity index (χ1n) is 17.7. The fourth-order valence-corrected chi connectivity index (χ4v) is 5.87. The molecule has 3 aromatic rings. The third-order valence-corrected chi connectivity index (χ3v) is 8.86. The highest BCUT2D eigenvalue weighted by molar-refractivity contribution is 6.06. The fourth-order valence-electron chi connectivity index (χ4n) is 5.87. The molecule has 3 aromatic carbocycles. The number of nitrogens with zero attached hydrogens (tertiary/aromatic N) is 2. The second kappa shape index (κ2) is 19.7. The lowest BCUT2D eigenvalue weighted by molar-refractivity contribution is 0.0981. The molecule has 0 radical (unpaired) electrons. The van der Waals surface area contributed by atoms with Gasteiger partial charge in [0.1, 0.15) is 17.6 Å². The van der Waals surface area contributed by atoms with Crippen molar-refractivity contribution in [3.63, 3.8) is 0 Å². The van der Waals surface area contributed by atoms with Crippen molar-refractivity contribution >= 4 is 23.3 Å². The number of amides is 3. The molecule has 0 unspecified atom stereocenters. The van der Waals surface area contributed by atoms with Gasteiger partial charge in [-0.05, 0) is 106 Å². The van der Waals surface area contributed by atoms with Gasteiger partial charge in [0.15, 0.2) is 11.5 Å². The third-order valence-electron chi connectivity index (χ3n) is 8.86. The highest BCUT2D eigenvalue weighted by Crippen LogP contribution is 2.35. The average molecular weight is 675 g/mol. The molecule has 10 heteroatoms. The van der Waals surface area contributed by atoms with Gasteiger partial charge in [-0.1, -0.05) is 27.2 Å². The maximum absolute atomic E-state index is 13.8. The molecule has 49 heavy (non-hydrogen) atoms. The van der Waals surface area contributed by atoms with Crippen LogP contribution in [-0.2, 0) is 4.74 Å². The van der Waals surface area contributed by atoms with Crippen LogP contribution in [0.3, 0.4) is 0 Å². The second-order valence-electron chi connectivity index (χ2n) is 12.4. The van der Waals surface area contributed by atoms with Crippen molar-refractivity contribution in [3.8, 4) is 23.0 Å². The Morgan fingerprint density at radius 1 is 0.878 bits per heavy atom. The third kappa shape index (κ3) is 11.4. The van der Waals surface area contributed by atoms with E-state index in [9.17, 15) is 9.59 Å². The number of anilines is 2. The molecule has 1 heterocycles. The summed E-state index contributed by atoms with van der Waals surface area (Å²) in [4.78, 5) is 30.5. The number of benzene rings is 3. The van der Waals surface area contributed by atoms with Gasteiger partial charge in [0.25, 0.3) is 5.91 Å². The number of carbonyl (C=O) groups excluding carboxylic acids is 2. The molecule has 3 amide bonds. The molecule has 0 atom stereocenters. The molecular formula is C39H54N4O6. The smallest absolute Gasteiger partial charge is 0.319 e. The van der Waals surface area contributed by atoms with Crippen LogP contribution in [0.2, 0.25) is 0 Å². The fraction of sp³-hybridized carbons (Fsp3) is 0.487. The van der Waals surface area contributed by atoms with Crippen molar-refractivity contribution in [3.05, 3.63) is 72.3 Å². The van der Waals surface area contributed by atoms with E-state index in [0.717, 1.165) is 56.8 Å². The van der Waals surface area contributed by atoms with Crippen LogP contribution in [0.25, 0.3) is 0 Å². The van der Waals surface area contributed by atoms with Crippen LogP contribution in [0.5, 0.6) is 23.0 Å². The van der Waals surface area contributed by atoms with Gasteiger partial charge in [-0.2, -0.15) is 0 Å². The number of nitrogens with one attached hydrogen (secondary N) is 2. The first-order valence-corrected chi connectivity index (χ1v) is 17.7. The second-order valence-corrected chi connectivity index (χ2v) is 12.4. The molecule has 1 fully saturated rings. The van der Waals surface area contributed by atoms with Crippen LogP contribution in [0.1, 0.15) is 76.1 Å². The molecule has 0 aromatic heterocycles. The lowest BCUT2D eigenvalue weighted by atomic mass is 10.1. The van der Waals surface area contributed by atoms with Crippen molar-refractivity contribution < 1.29 is 28.5 Å². The van der Waals surface area contributed by atoms with Gasteiger partial charge < -0.3 is 39.4 Å². The first kappa shape index (κ1) is 37.5. The Kier molecular flexibility index (Phi) is 15.1. The molecule has 1 aliphatic heterocycles. The predicted molar refractivity (Wildman–Crippen MR) is 196 cm³/mol. The van der Waals surface area contributed by atoms with Crippen molar-refractivity contribution in [1.29, 1.82) is 0 Å². The van der Waals surface area contributed by atoms with E-state index < -0.39 is 0 Å². The number of unbranched alkanes of at least 4 members (excludes halogenated alkanes) is 1. The zero-order valence-corrected chi connectivity index (χ0v) is 29.8. The van der Waals surface area contributed by atoms with E-state index in [4.69, 9.17) is 18.9 Å². The van der Waals surface area contributed by atoms with Gasteiger partial charge >= 0.3 is 6.03 Å². The van der Waals surface area contributed by atoms with E-state index in [0.29, 0.717) is 48.1 Å². The lowest BCUT2D eigenvalue weighted by Crippen LogP contribution is -2.38. The number of hydrogen-bond donors (Lipinski definition) is 2. The van der Waals surface area contributed by atoms with Crippen LogP contribution >= 0.6 is 0 Å². The van der Waals surface area contributed by atoms with E-state index in [-0.39, 0.29) is 24.1 Å². The Hall–Kier alpha value is -4.28. The molecule has 266 valence electrons. The lowest BCUT2D eigenvalue weighted by Gasteiger charge is -2.32. The molecule has 1 saturated heterocycles. The summed E-state index contributed by atoms with van der Waals surface area (Å²) in [5.74, 6) is 2.25. The quantitative estimate of drug-likeness (QED) is 0.131. The zero-order valence-electron chi connectivity index (χ0n) is 29.8. The van der Waals surface area contributed by atoms with E-state index in [2.05, 4.69) is 22.5 Å². The summed E-state index contributed by atoms with van der Waals surface area (Å²) in [6.07, 6.45) is 7.10. The molecule has 10 nitrogen and oxygen atoms in total. The standard InChI is InChI=1S/C39H54N4O6/c1-6-9-23-42-25-21-35(22-26-42)48-33-16-11-29(12-17-33)38(44)43(24-10-27-46-4)32-14-18-34(19-15-32)49-36-20-13-31(28-37(36)47-5)41-39(45)40-30(7-2)8-3/h11-20,28,30,35H,6-10,21-27H2,1-5H3,(H2,40,41,45). The number of carbonyl (C=O) groups is 2. The summed E-state index contributed by atoms with van der Waals surface area (Å²) in [6.45, 7) is 10.6. The molecule has 0 bridgehead atoms. The number of piperidine rings is 1. The largest absolute Gasteiger partial charge is 0.493 e. The van der Waals surface area contributed by atoms with Crippen LogP contribution in [0.4, 0.5) is 16.2 Å². The Morgan fingerprint density at radius 3 is 2.20 bits per heavy atom. The van der Waals surface area contributed by atoms with E-state index in [1.807, 2.05) is 62.4 Å². The minimum Gasteiger partial charge on any atom is -0.493 e. The highest BCUT2D eigenvalue weighted by atomic mass is 16.5. The number of rotatable bonds is 18. The summed E-state index contributed by atoms with van der Waals surface area (Å²) in [7, 11) is 3.21. The summed E-state index contributed by atoms with van der Waals surface area (Å²) in [5.41, 5.74) is 1.93. The minimum absolute atomic E-state index is 0.0986. The minimum atomic E-state index is -0.261. The van der Waals surface area contributed by atoms with Gasteiger partial charge in [0.05, 0.1) is 7.11 Å². The van der Waals surface area contributed by atoms with Crippen LogP contribution in [0.15, 0.2) is 66.7 Å². The van der Waals surface area contributed by atoms with E-state index in [1.54, 1.807) is 37.3 Å². The average Bonchev–Trinajstić information content (AvgIpc) is 3.13. The number of ether oxygens (including phenoxy) is 4. The maximum atomic E-state index is 13.8. The van der Waals surface area contributed by atoms with Gasteiger partial charge in [0, 0.05) is 62.4 Å². The summed E-state index contributed by atoms with van der Waals surface area (Å²) < 4.78 is 23.3. The Bertz CT molecular complexity index is 1440. The number of urea groups is 1. The molecule has 0 spiro atoms. The Labute approximate surface area is 292 Å². The molecule has 0 saturated carbocycles. The SMILES string of the molecule is CCCCN1CCC(Oc2ccc(C(=O)N(CCCOC)c3ccc(Oc4ccc(NC(=O)NC(CC)CC)cc4OC)cc3)cc2)CC1. The predicted octanol–water partition coefficient (Wildman–Crippen LogP) is 8.12. The van der Waals surface area contributed by atoms with Crippen molar-refractivity contribution in [2.24, 2.45) is 0 Å². The normalized spacial score (nSPS) is 13.6. The Morgan fingerprint density at radius 2 is 1.57 bits per heavy atom. The molecule has 4 rings (SSSR count). The summed E-state index contributed by atoms with van der Waals surface area (Å²) in [5, 5.41) is 5.82. The van der Waals surface area contributed by atoms with Gasteiger partial charge in [0.2, 0.25) is 0 Å². The highest BCUT2D eigenvalue weighted by Gasteiger charge is 2.22. The van der Waals surface area contributed by atoms with Gasteiger partial charge in [-0.25, -0.2) is 4.79 Å². The summed E-state index contributed by atoms with van der Waals surface area (Å²) in [6, 6.07) is 20.0. The zero-order chi connectivity index (χ0) is 35.0. The number of hydrogen-bond acceptors (Lipinski definition) is 7. The van der Waals surface area contributed by atoms with Crippen molar-refractivity contribution in [2.45, 2.75) is 77.9 Å². The van der Waals surface area contributed by atoms with Crippen molar-refractivity contribution in [2.75, 3.05) is 57.2 Å². The topological polar surface area (TPSA) is 102 Å². The monoisotopic (exact) mass is 674 g/mol. The van der Waals surface area contributed by atoms with Crippen molar-refractivity contribution in [1.82, 2.24) is 10.2 Å². The number of methoxy groups -OCH3 is 2. The van der Waals surface area contributed by atoms with Crippen LogP contribution in [0, 0.1) is 0 Å². The number of likely N-dealkylation sites (tertiary alicyclic amines) is 1. The van der Waals surface area contributed by atoms with Gasteiger partial charge in [-0.15, -0.1) is 0 Å². The first-order chi connectivity index (χ1) is 23.9. The van der Waals surface area contributed by atoms with E-state index in [1.165, 1.54) is 12.8 Å². The Balaban J connectivity index is 1.39. The van der Waals surface area contributed by atoms with Crippen LogP contribution < -0.4 is 29.7 Å². The van der Waals surface area contributed by atoms with Crippen LogP contribution in [-0.4, -0.2) is 76.0 Å². The maximum Gasteiger partial charge on any atom is 0.319 e. The summed E-state index contributed by atoms with van der Waals surface area (Å²) >= 11 is 0. The van der Waals surface area contributed by atoms with E-state index >= 15 is 0 Å². The molecular weight excluding hydrogens is 620 g/mol. The molecule has 2 N–H and O–H groups in total. The molecule has 0 aliphatic carbocycles. The van der Waals surface area contributed by atoms with Gasteiger partial charge in [-0.3, -0.25) is 4.79 Å². The molecule has 1 aliphatic rings.